The fraction of sp³-hybridized carbons (Fsp3) is 0.269. The number of amides is 1. The Balaban J connectivity index is 1.49. The van der Waals surface area contributed by atoms with Crippen LogP contribution in [-0.4, -0.2) is 40.6 Å². The molecule has 0 aliphatic carbocycles. The lowest BCUT2D eigenvalue weighted by Crippen LogP contribution is -2.36. The highest BCUT2D eigenvalue weighted by molar-refractivity contribution is 7.89. The second kappa shape index (κ2) is 10.4. The van der Waals surface area contributed by atoms with Gasteiger partial charge in [-0.05, 0) is 60.9 Å². The van der Waals surface area contributed by atoms with Gasteiger partial charge in [-0.2, -0.15) is 0 Å². The number of benzene rings is 3. The highest BCUT2D eigenvalue weighted by Crippen LogP contribution is 2.25. The predicted molar refractivity (Wildman–Crippen MR) is 134 cm³/mol. The zero-order chi connectivity index (χ0) is 24.1. The standard InChI is InChI=1S/C26H29N3O4S/c1-19-8-10-23(34(31,32)27-18-21-6-4-3-5-7-21)17-24(19)26(30)28-25-11-9-22(16-20(25)2)29-12-14-33-15-13-29/h3-11,16-17,27H,12-15,18H2,1-2H3,(H,28,30). The molecule has 0 spiro atoms. The molecule has 1 fully saturated rings. The van der Waals surface area contributed by atoms with Gasteiger partial charge in [0.1, 0.15) is 0 Å². The maximum atomic E-state index is 13.1. The summed E-state index contributed by atoms with van der Waals surface area (Å²) in [5, 5.41) is 2.94. The number of rotatable bonds is 7. The van der Waals surface area contributed by atoms with E-state index < -0.39 is 10.0 Å². The van der Waals surface area contributed by atoms with Gasteiger partial charge in [0, 0.05) is 36.6 Å². The molecule has 1 saturated heterocycles. The summed E-state index contributed by atoms with van der Waals surface area (Å²) in [6.45, 7) is 6.99. The Hall–Kier alpha value is -3.20. The molecule has 4 rings (SSSR count). The monoisotopic (exact) mass is 479 g/mol. The predicted octanol–water partition coefficient (Wildman–Crippen LogP) is 3.87. The minimum absolute atomic E-state index is 0.0542. The molecule has 178 valence electrons. The van der Waals surface area contributed by atoms with Crippen LogP contribution in [0, 0.1) is 13.8 Å². The molecular weight excluding hydrogens is 450 g/mol. The maximum absolute atomic E-state index is 13.1. The molecule has 1 aliphatic rings. The molecule has 1 heterocycles. The first-order valence-electron chi connectivity index (χ1n) is 11.2. The van der Waals surface area contributed by atoms with Gasteiger partial charge in [-0.25, -0.2) is 13.1 Å². The van der Waals surface area contributed by atoms with Crippen LogP contribution >= 0.6 is 0 Å². The lowest BCUT2D eigenvalue weighted by Gasteiger charge is -2.29. The largest absolute Gasteiger partial charge is 0.378 e. The number of sulfonamides is 1. The summed E-state index contributed by atoms with van der Waals surface area (Å²) >= 11 is 0. The number of hydrogen-bond acceptors (Lipinski definition) is 5. The second-order valence-electron chi connectivity index (χ2n) is 8.34. The molecule has 1 amide bonds. The van der Waals surface area contributed by atoms with E-state index in [-0.39, 0.29) is 17.3 Å². The summed E-state index contributed by atoms with van der Waals surface area (Å²) in [5.41, 5.74) is 4.58. The van der Waals surface area contributed by atoms with Gasteiger partial charge in [-0.15, -0.1) is 0 Å². The van der Waals surface area contributed by atoms with Crippen LogP contribution < -0.4 is 14.9 Å². The van der Waals surface area contributed by atoms with E-state index >= 15 is 0 Å². The third-order valence-corrected chi connectivity index (χ3v) is 7.31. The number of nitrogens with one attached hydrogen (secondary N) is 2. The Morgan fingerprint density at radius 2 is 1.68 bits per heavy atom. The normalized spacial score (nSPS) is 14.1. The van der Waals surface area contributed by atoms with Gasteiger partial charge >= 0.3 is 0 Å². The molecule has 8 heteroatoms. The molecule has 3 aromatic carbocycles. The second-order valence-corrected chi connectivity index (χ2v) is 10.1. The van der Waals surface area contributed by atoms with Gasteiger partial charge < -0.3 is 15.0 Å². The van der Waals surface area contributed by atoms with Crippen LogP contribution in [-0.2, 0) is 21.3 Å². The van der Waals surface area contributed by atoms with E-state index in [1.165, 1.54) is 12.1 Å². The van der Waals surface area contributed by atoms with Crippen molar-refractivity contribution in [2.24, 2.45) is 0 Å². The van der Waals surface area contributed by atoms with Crippen molar-refractivity contribution in [3.05, 3.63) is 89.0 Å². The van der Waals surface area contributed by atoms with Gasteiger partial charge in [0.2, 0.25) is 10.0 Å². The molecular formula is C26H29N3O4S. The Morgan fingerprint density at radius 3 is 2.38 bits per heavy atom. The van der Waals surface area contributed by atoms with Gasteiger partial charge in [-0.3, -0.25) is 4.79 Å². The Morgan fingerprint density at radius 1 is 0.941 bits per heavy atom. The van der Waals surface area contributed by atoms with Crippen molar-refractivity contribution in [1.29, 1.82) is 0 Å². The molecule has 2 N–H and O–H groups in total. The summed E-state index contributed by atoms with van der Waals surface area (Å²) in [6.07, 6.45) is 0. The summed E-state index contributed by atoms with van der Waals surface area (Å²) in [4.78, 5) is 15.4. The highest BCUT2D eigenvalue weighted by Gasteiger charge is 2.19. The molecule has 0 unspecified atom stereocenters. The molecule has 0 aromatic heterocycles. The summed E-state index contributed by atoms with van der Waals surface area (Å²) < 4.78 is 33.7. The zero-order valence-electron chi connectivity index (χ0n) is 19.4. The van der Waals surface area contributed by atoms with Crippen molar-refractivity contribution in [2.45, 2.75) is 25.3 Å². The Bertz CT molecular complexity index is 1270. The van der Waals surface area contributed by atoms with E-state index in [4.69, 9.17) is 4.74 Å². The number of hydrogen-bond donors (Lipinski definition) is 2. The Kier molecular flexibility index (Phi) is 7.31. The van der Waals surface area contributed by atoms with Crippen molar-refractivity contribution in [1.82, 2.24) is 4.72 Å². The summed E-state index contributed by atoms with van der Waals surface area (Å²) in [7, 11) is -3.78. The first-order chi connectivity index (χ1) is 16.3. The van der Waals surface area contributed by atoms with Crippen molar-refractivity contribution in [2.75, 3.05) is 36.5 Å². The van der Waals surface area contributed by atoms with Crippen molar-refractivity contribution in [3.8, 4) is 0 Å². The molecule has 0 atom stereocenters. The number of carbonyl (C=O) groups is 1. The third kappa shape index (κ3) is 5.64. The van der Waals surface area contributed by atoms with E-state index in [1.807, 2.05) is 55.5 Å². The number of nitrogens with zero attached hydrogens (tertiary/aromatic N) is 1. The number of ether oxygens (including phenoxy) is 1. The molecule has 0 bridgehead atoms. The minimum atomic E-state index is -3.78. The Labute approximate surface area is 200 Å². The van der Waals surface area contributed by atoms with Crippen molar-refractivity contribution < 1.29 is 17.9 Å². The number of aryl methyl sites for hydroxylation is 2. The van der Waals surface area contributed by atoms with Crippen LogP contribution in [0.25, 0.3) is 0 Å². The molecule has 0 saturated carbocycles. The summed E-state index contributed by atoms with van der Waals surface area (Å²) in [5.74, 6) is -0.347. The average Bonchev–Trinajstić information content (AvgIpc) is 2.85. The van der Waals surface area contributed by atoms with E-state index in [0.29, 0.717) is 30.0 Å². The van der Waals surface area contributed by atoms with E-state index in [2.05, 4.69) is 14.9 Å². The van der Waals surface area contributed by atoms with Gasteiger partial charge in [0.15, 0.2) is 0 Å². The van der Waals surface area contributed by atoms with Gasteiger partial charge in [0.05, 0.1) is 18.1 Å². The van der Waals surface area contributed by atoms with Crippen LogP contribution in [0.3, 0.4) is 0 Å². The van der Waals surface area contributed by atoms with E-state index in [1.54, 1.807) is 13.0 Å². The van der Waals surface area contributed by atoms with Crippen LogP contribution in [0.1, 0.15) is 27.0 Å². The summed E-state index contributed by atoms with van der Waals surface area (Å²) in [6, 6.07) is 19.8. The van der Waals surface area contributed by atoms with Crippen LogP contribution in [0.5, 0.6) is 0 Å². The first-order valence-corrected chi connectivity index (χ1v) is 12.7. The quantitative estimate of drug-likeness (QED) is 0.537. The third-order valence-electron chi connectivity index (χ3n) is 5.91. The molecule has 3 aromatic rings. The molecule has 34 heavy (non-hydrogen) atoms. The zero-order valence-corrected chi connectivity index (χ0v) is 20.2. The highest BCUT2D eigenvalue weighted by atomic mass is 32.2. The van der Waals surface area contributed by atoms with Gasteiger partial charge in [-0.1, -0.05) is 36.4 Å². The first kappa shape index (κ1) is 23.9. The SMILES string of the molecule is Cc1cc(N2CCOCC2)ccc1NC(=O)c1cc(S(=O)(=O)NCc2ccccc2)ccc1C. The lowest BCUT2D eigenvalue weighted by atomic mass is 10.1. The molecule has 0 radical (unpaired) electrons. The van der Waals surface area contributed by atoms with E-state index in [9.17, 15) is 13.2 Å². The fourth-order valence-electron chi connectivity index (χ4n) is 3.87. The van der Waals surface area contributed by atoms with Crippen LogP contribution in [0.2, 0.25) is 0 Å². The van der Waals surface area contributed by atoms with Gasteiger partial charge in [0.25, 0.3) is 5.91 Å². The fourth-order valence-corrected chi connectivity index (χ4v) is 4.91. The van der Waals surface area contributed by atoms with Crippen LogP contribution in [0.4, 0.5) is 11.4 Å². The van der Waals surface area contributed by atoms with Crippen molar-refractivity contribution in [3.63, 3.8) is 0 Å². The van der Waals surface area contributed by atoms with Crippen LogP contribution in [0.15, 0.2) is 71.6 Å². The average molecular weight is 480 g/mol. The molecule has 7 nitrogen and oxygen atoms in total. The number of carbonyl (C=O) groups excluding carboxylic acids is 1. The van der Waals surface area contributed by atoms with E-state index in [0.717, 1.165) is 29.9 Å². The smallest absolute Gasteiger partial charge is 0.255 e. The maximum Gasteiger partial charge on any atom is 0.255 e. The molecule has 1 aliphatic heterocycles. The topological polar surface area (TPSA) is 87.7 Å². The minimum Gasteiger partial charge on any atom is -0.378 e. The van der Waals surface area contributed by atoms with Crippen molar-refractivity contribution >= 4 is 27.3 Å². The lowest BCUT2D eigenvalue weighted by molar-refractivity contribution is 0.102. The number of anilines is 2. The number of morpholine rings is 1.